The van der Waals surface area contributed by atoms with Gasteiger partial charge in [-0.25, -0.2) is 15.6 Å². The summed E-state index contributed by atoms with van der Waals surface area (Å²) in [5.41, 5.74) is -1.40. The minimum Gasteiger partial charge on any atom is -0.497 e. The number of carbonyl (C=O) groups is 3. The van der Waals surface area contributed by atoms with Gasteiger partial charge in [0.25, 0.3) is 5.91 Å². The zero-order valence-corrected chi connectivity index (χ0v) is 25.1. The molecule has 11 heteroatoms. The van der Waals surface area contributed by atoms with Gasteiger partial charge in [0.1, 0.15) is 29.5 Å². The molecule has 0 radical (unpaired) electrons. The van der Waals surface area contributed by atoms with Crippen LogP contribution < -0.4 is 20.6 Å². The predicted molar refractivity (Wildman–Crippen MR) is 156 cm³/mol. The van der Waals surface area contributed by atoms with Crippen molar-refractivity contribution in [3.05, 3.63) is 43.1 Å². The van der Waals surface area contributed by atoms with Gasteiger partial charge < -0.3 is 24.4 Å². The number of likely N-dealkylation sites (tertiary alicyclic amines) is 1. The van der Waals surface area contributed by atoms with E-state index in [-0.39, 0.29) is 19.5 Å². The van der Waals surface area contributed by atoms with E-state index in [1.165, 1.54) is 11.0 Å². The molecule has 3 amide bonds. The Bertz CT molecular complexity index is 1270. The molecular weight excluding hydrogens is 526 g/mol. The number of hydrazine groups is 1. The average Bonchev–Trinajstić information content (AvgIpc) is 3.33. The van der Waals surface area contributed by atoms with Crippen LogP contribution in [0, 0.1) is 5.41 Å². The number of fused-ring (bicyclic) bond motifs is 1. The first-order valence-electron chi connectivity index (χ1n) is 13.8. The van der Waals surface area contributed by atoms with Crippen LogP contribution in [-0.2, 0) is 14.3 Å². The van der Waals surface area contributed by atoms with Crippen LogP contribution in [0.3, 0.4) is 0 Å². The number of aromatic nitrogens is 1. The molecule has 2 aromatic rings. The van der Waals surface area contributed by atoms with Crippen molar-refractivity contribution in [2.75, 3.05) is 20.2 Å². The molecule has 11 nitrogen and oxygen atoms in total. The van der Waals surface area contributed by atoms with Crippen LogP contribution in [0.5, 0.6) is 11.6 Å². The Morgan fingerprint density at radius 3 is 2.56 bits per heavy atom. The molecule has 41 heavy (non-hydrogen) atoms. The number of carbonyl (C=O) groups excluding carboxylic acids is 3. The molecule has 0 spiro atoms. The summed E-state index contributed by atoms with van der Waals surface area (Å²) in [6, 6.07) is 5.50. The van der Waals surface area contributed by atoms with E-state index in [0.29, 0.717) is 18.1 Å². The topological polar surface area (TPSA) is 136 Å². The Kier molecular flexibility index (Phi) is 9.85. The van der Waals surface area contributed by atoms with E-state index in [2.05, 4.69) is 16.9 Å². The molecule has 0 aliphatic carbocycles. The summed E-state index contributed by atoms with van der Waals surface area (Å²) >= 11 is 0. The molecule has 1 aromatic carbocycles. The minimum atomic E-state index is -0.981. The molecule has 1 fully saturated rings. The number of methoxy groups -OCH3 is 1. The number of nitrogens with two attached hydrogens (primary N) is 1. The van der Waals surface area contributed by atoms with Crippen molar-refractivity contribution >= 4 is 28.7 Å². The summed E-state index contributed by atoms with van der Waals surface area (Å²) in [5.74, 6) is 6.20. The fraction of sp³-hybridized carbons (Fsp3) is 0.533. The van der Waals surface area contributed by atoms with Gasteiger partial charge in [0, 0.05) is 18.0 Å². The number of hydrogen-bond acceptors (Lipinski definition) is 8. The SMILES string of the molecule is C=CCN(N)C(=O)[C@@H]1C[C@@H](Oc2nccc3cc(OC)ccc23)CN1C(=O)[C@@H](NC(=O)OC(C)(C)CC)C(C)(C)C. The number of benzene rings is 1. The highest BCUT2D eigenvalue weighted by Crippen LogP contribution is 2.32. The number of pyridine rings is 1. The van der Waals surface area contributed by atoms with Crippen LogP contribution in [0.25, 0.3) is 10.8 Å². The third-order valence-corrected chi connectivity index (χ3v) is 7.25. The monoisotopic (exact) mass is 569 g/mol. The summed E-state index contributed by atoms with van der Waals surface area (Å²) in [6.45, 7) is 14.9. The van der Waals surface area contributed by atoms with Crippen molar-refractivity contribution in [2.45, 2.75) is 78.2 Å². The van der Waals surface area contributed by atoms with Gasteiger partial charge in [0.05, 0.1) is 20.2 Å². The third kappa shape index (κ3) is 7.66. The van der Waals surface area contributed by atoms with Gasteiger partial charge >= 0.3 is 6.09 Å². The first-order chi connectivity index (χ1) is 19.2. The summed E-state index contributed by atoms with van der Waals surface area (Å²) in [4.78, 5) is 46.2. The highest BCUT2D eigenvalue weighted by atomic mass is 16.6. The predicted octanol–water partition coefficient (Wildman–Crippen LogP) is 3.81. The Morgan fingerprint density at radius 2 is 1.95 bits per heavy atom. The van der Waals surface area contributed by atoms with Crippen LogP contribution in [0.15, 0.2) is 43.1 Å². The van der Waals surface area contributed by atoms with E-state index in [1.807, 2.05) is 52.0 Å². The van der Waals surface area contributed by atoms with Crippen LogP contribution in [0.1, 0.15) is 54.4 Å². The lowest BCUT2D eigenvalue weighted by Gasteiger charge is -2.36. The molecule has 1 aliphatic rings. The highest BCUT2D eigenvalue weighted by molar-refractivity contribution is 5.92. The van der Waals surface area contributed by atoms with E-state index in [1.54, 1.807) is 27.2 Å². The van der Waals surface area contributed by atoms with Crippen molar-refractivity contribution in [3.8, 4) is 11.6 Å². The van der Waals surface area contributed by atoms with Gasteiger partial charge in [-0.05, 0) is 55.3 Å². The van der Waals surface area contributed by atoms with Crippen LogP contribution in [0.4, 0.5) is 4.79 Å². The van der Waals surface area contributed by atoms with Gasteiger partial charge in [0.15, 0.2) is 0 Å². The zero-order chi connectivity index (χ0) is 30.5. The lowest BCUT2D eigenvalue weighted by Crippen LogP contribution is -2.59. The van der Waals surface area contributed by atoms with Crippen molar-refractivity contribution in [1.29, 1.82) is 0 Å². The van der Waals surface area contributed by atoms with Gasteiger partial charge in [-0.1, -0.05) is 33.8 Å². The second-order valence-corrected chi connectivity index (χ2v) is 11.9. The fourth-order valence-electron chi connectivity index (χ4n) is 4.57. The molecule has 3 rings (SSSR count). The normalized spacial score (nSPS) is 18.0. The van der Waals surface area contributed by atoms with E-state index < -0.39 is 47.1 Å². The summed E-state index contributed by atoms with van der Waals surface area (Å²) in [6.07, 6.45) is 2.66. The third-order valence-electron chi connectivity index (χ3n) is 7.25. The molecular formula is C30H43N5O6. The molecule has 0 saturated carbocycles. The van der Waals surface area contributed by atoms with Crippen molar-refractivity contribution in [3.63, 3.8) is 0 Å². The maximum Gasteiger partial charge on any atom is 0.408 e. The lowest BCUT2D eigenvalue weighted by molar-refractivity contribution is -0.146. The van der Waals surface area contributed by atoms with E-state index in [0.717, 1.165) is 15.8 Å². The first-order valence-corrected chi connectivity index (χ1v) is 13.8. The van der Waals surface area contributed by atoms with E-state index in [9.17, 15) is 14.4 Å². The largest absolute Gasteiger partial charge is 0.497 e. The van der Waals surface area contributed by atoms with Crippen molar-refractivity contribution in [2.24, 2.45) is 11.3 Å². The number of rotatable bonds is 10. The van der Waals surface area contributed by atoms with Crippen LogP contribution in [0.2, 0.25) is 0 Å². The number of amides is 3. The molecule has 3 N–H and O–H groups in total. The molecule has 3 atom stereocenters. The summed E-state index contributed by atoms with van der Waals surface area (Å²) in [5, 5.41) is 5.42. The molecule has 2 heterocycles. The average molecular weight is 570 g/mol. The second kappa shape index (κ2) is 12.8. The number of ether oxygens (including phenoxy) is 3. The standard InChI is InChI=1S/C30H43N5O6/c1-9-15-35(31)26(36)23-17-21(40-25-22-12-11-20(39-8)16-19(22)13-14-32-25)18-34(23)27(37)24(29(3,4)5)33-28(38)41-30(6,7)10-2/h9,11-14,16,21,23-24H,1,10,15,17-18,31H2,2-8H3,(H,33,38)/t21-,23+,24-/m1/s1. The van der Waals surface area contributed by atoms with Crippen molar-refractivity contribution in [1.82, 2.24) is 20.2 Å². The number of nitrogens with one attached hydrogen (secondary N) is 1. The molecule has 1 aromatic heterocycles. The second-order valence-electron chi connectivity index (χ2n) is 11.9. The fourth-order valence-corrected chi connectivity index (χ4v) is 4.57. The first kappa shape index (κ1) is 31.7. The van der Waals surface area contributed by atoms with E-state index in [4.69, 9.17) is 20.1 Å². The Morgan fingerprint density at radius 1 is 1.24 bits per heavy atom. The summed E-state index contributed by atoms with van der Waals surface area (Å²) in [7, 11) is 1.60. The Balaban J connectivity index is 1.92. The molecule has 1 aliphatic heterocycles. The number of hydrogen-bond donors (Lipinski definition) is 2. The van der Waals surface area contributed by atoms with Crippen molar-refractivity contribution < 1.29 is 28.6 Å². The summed E-state index contributed by atoms with van der Waals surface area (Å²) < 4.78 is 17.2. The van der Waals surface area contributed by atoms with Gasteiger partial charge in [0.2, 0.25) is 11.8 Å². The highest BCUT2D eigenvalue weighted by Gasteiger charge is 2.47. The van der Waals surface area contributed by atoms with Crippen LogP contribution in [-0.4, -0.2) is 76.8 Å². The lowest BCUT2D eigenvalue weighted by atomic mass is 9.85. The molecule has 1 saturated heterocycles. The molecule has 224 valence electrons. The van der Waals surface area contributed by atoms with Gasteiger partial charge in [-0.15, -0.1) is 6.58 Å². The van der Waals surface area contributed by atoms with Gasteiger partial charge in [-0.2, -0.15) is 0 Å². The minimum absolute atomic E-state index is 0.0924. The Labute approximate surface area is 242 Å². The Hall–Kier alpha value is -3.86. The quantitative estimate of drug-likeness (QED) is 0.191. The molecule has 0 unspecified atom stereocenters. The number of nitrogens with zero attached hydrogens (tertiary/aromatic N) is 3. The van der Waals surface area contributed by atoms with Crippen LogP contribution >= 0.6 is 0 Å². The maximum absolute atomic E-state index is 14.1. The van der Waals surface area contributed by atoms with E-state index >= 15 is 0 Å². The molecule has 0 bridgehead atoms. The maximum atomic E-state index is 14.1. The smallest absolute Gasteiger partial charge is 0.408 e. The van der Waals surface area contributed by atoms with Gasteiger partial charge in [-0.3, -0.25) is 14.6 Å². The number of alkyl carbamates (subject to hydrolysis) is 1. The zero-order valence-electron chi connectivity index (χ0n) is 25.1.